The number of unbranched alkanes of at least 4 members (excludes halogenated alkanes) is 14. The quantitative estimate of drug-likeness (QED) is 0.0313. The van der Waals surface area contributed by atoms with Crippen molar-refractivity contribution in [2.75, 3.05) is 59.3 Å². The molecular weight excluding hydrogens is 950 g/mol. The minimum atomic E-state index is -5.01. The summed E-state index contributed by atoms with van der Waals surface area (Å²) in [6.07, 6.45) is -9.80. The van der Waals surface area contributed by atoms with Crippen molar-refractivity contribution < 1.29 is 95.5 Å². The van der Waals surface area contributed by atoms with E-state index in [2.05, 4.69) is 0 Å². The minimum absolute atomic E-state index is 0.00981. The van der Waals surface area contributed by atoms with Gasteiger partial charge in [0.1, 0.15) is 24.7 Å². The minimum Gasteiger partial charge on any atom is -0.494 e. The molecule has 2 aromatic carbocycles. The molecule has 10 nitrogen and oxygen atoms in total. The maximum atomic E-state index is 13.3. The van der Waals surface area contributed by atoms with E-state index >= 15 is 0 Å². The third-order valence-corrected chi connectivity index (χ3v) is 10.9. The number of rotatable bonds is 31. The number of morpholine rings is 1. The molecule has 0 bridgehead atoms. The van der Waals surface area contributed by atoms with Gasteiger partial charge in [0.25, 0.3) is 0 Å². The highest BCUT2D eigenvalue weighted by molar-refractivity contribution is 5.72. The van der Waals surface area contributed by atoms with Gasteiger partial charge in [0, 0.05) is 25.9 Å². The van der Waals surface area contributed by atoms with Gasteiger partial charge in [-0.05, 0) is 62.1 Å². The van der Waals surface area contributed by atoms with Gasteiger partial charge in [0.15, 0.2) is 6.10 Å². The predicted octanol–water partition coefficient (Wildman–Crippen LogP) is 12.6. The molecule has 0 amide bonds. The van der Waals surface area contributed by atoms with Crippen LogP contribution in [0.25, 0.3) is 0 Å². The van der Waals surface area contributed by atoms with Crippen LogP contribution in [0.4, 0.5) is 52.7 Å². The summed E-state index contributed by atoms with van der Waals surface area (Å²) in [7, 11) is 0. The van der Waals surface area contributed by atoms with Crippen LogP contribution in [0.3, 0.4) is 0 Å². The summed E-state index contributed by atoms with van der Waals surface area (Å²) in [5, 5.41) is 0. The number of alkyl halides is 12. The van der Waals surface area contributed by atoms with Gasteiger partial charge in [0.2, 0.25) is 0 Å². The fourth-order valence-electron chi connectivity index (χ4n) is 7.09. The third-order valence-electron chi connectivity index (χ3n) is 10.9. The monoisotopic (exact) mass is 1010 g/mol. The van der Waals surface area contributed by atoms with Crippen molar-refractivity contribution in [3.63, 3.8) is 0 Å². The molecule has 392 valence electrons. The normalized spacial score (nSPS) is 14.3. The summed E-state index contributed by atoms with van der Waals surface area (Å²) in [4.78, 5) is 39.6. The Bertz CT molecular complexity index is 1800. The van der Waals surface area contributed by atoms with Crippen LogP contribution >= 0.6 is 0 Å². The Labute approximate surface area is 393 Å². The molecule has 22 heteroatoms. The van der Waals surface area contributed by atoms with E-state index in [1.54, 1.807) is 0 Å². The van der Waals surface area contributed by atoms with Crippen LogP contribution in [0.5, 0.6) is 11.5 Å². The lowest BCUT2D eigenvalue weighted by Crippen LogP contribution is -2.41. The molecule has 1 aliphatic heterocycles. The number of ether oxygens (including phenoxy) is 6. The number of halogens is 12. The predicted molar refractivity (Wildman–Crippen MR) is 226 cm³/mol. The van der Waals surface area contributed by atoms with E-state index < -0.39 is 82.5 Å². The Balaban J connectivity index is 1.27. The number of nitrogens with zero attached hydrogens (tertiary/aromatic N) is 1. The molecule has 69 heavy (non-hydrogen) atoms. The van der Waals surface area contributed by atoms with Crippen molar-refractivity contribution in [3.05, 3.63) is 58.7 Å². The molecule has 0 saturated carbocycles. The second-order valence-electron chi connectivity index (χ2n) is 16.7. The summed E-state index contributed by atoms with van der Waals surface area (Å²) in [5.41, 5.74) is -5.78. The van der Waals surface area contributed by atoms with E-state index in [1.165, 1.54) is 0 Å². The number of benzene rings is 2. The SMILES string of the molecule is O=C(CCCCCCCCCCOc1cc(C(F)(F)F)cc(C(F)(F)F)c1)OCC(COC(=O)CN1CCOCC1)OC(=O)CCCCCCCCCCOc1ccc(C(F)(F)F)cc1C(F)(F)F. The molecule has 1 fully saturated rings. The van der Waals surface area contributed by atoms with Crippen molar-refractivity contribution in [2.45, 2.75) is 146 Å². The fourth-order valence-corrected chi connectivity index (χ4v) is 7.09. The molecule has 1 aliphatic rings. The molecule has 1 unspecified atom stereocenters. The molecule has 0 spiro atoms. The lowest BCUT2D eigenvalue weighted by Gasteiger charge is -2.25. The van der Waals surface area contributed by atoms with Gasteiger partial charge in [-0.2, -0.15) is 52.7 Å². The molecule has 0 radical (unpaired) electrons. The average Bonchev–Trinajstić information content (AvgIpc) is 3.27. The van der Waals surface area contributed by atoms with E-state index in [9.17, 15) is 67.1 Å². The Hall–Kier alpha value is -4.47. The summed E-state index contributed by atoms with van der Waals surface area (Å²) < 4.78 is 189. The van der Waals surface area contributed by atoms with Crippen LogP contribution in [0.15, 0.2) is 36.4 Å². The molecule has 1 heterocycles. The first-order chi connectivity index (χ1) is 32.5. The van der Waals surface area contributed by atoms with Crippen molar-refractivity contribution in [1.29, 1.82) is 0 Å². The second kappa shape index (κ2) is 29.7. The molecule has 2 aromatic rings. The third kappa shape index (κ3) is 24.8. The van der Waals surface area contributed by atoms with Crippen LogP contribution in [0.2, 0.25) is 0 Å². The van der Waals surface area contributed by atoms with E-state index in [0.29, 0.717) is 102 Å². The number of hydrogen-bond donors (Lipinski definition) is 0. The smallest absolute Gasteiger partial charge is 0.419 e. The molecule has 1 atom stereocenters. The van der Waals surface area contributed by atoms with Crippen LogP contribution in [-0.4, -0.2) is 88.2 Å². The number of hydrogen-bond acceptors (Lipinski definition) is 10. The topological polar surface area (TPSA) is 110 Å². The highest BCUT2D eigenvalue weighted by Crippen LogP contribution is 2.41. The van der Waals surface area contributed by atoms with Crippen molar-refractivity contribution in [1.82, 2.24) is 4.90 Å². The fraction of sp³-hybridized carbons (Fsp3) is 0.681. The van der Waals surface area contributed by atoms with Gasteiger partial charge in [-0.3, -0.25) is 19.3 Å². The van der Waals surface area contributed by atoms with Crippen LogP contribution in [-0.2, 0) is 58.0 Å². The molecule has 3 rings (SSSR count). The van der Waals surface area contributed by atoms with Crippen LogP contribution in [0, 0.1) is 0 Å². The largest absolute Gasteiger partial charge is 0.494 e. The zero-order valence-corrected chi connectivity index (χ0v) is 38.3. The Kier molecular flexibility index (Phi) is 25.3. The van der Waals surface area contributed by atoms with Gasteiger partial charge in [0.05, 0.1) is 55.2 Å². The molecule has 0 aromatic heterocycles. The average molecular weight is 1010 g/mol. The number of carbonyl (C=O) groups excluding carboxylic acids is 3. The Morgan fingerprint density at radius 2 is 0.957 bits per heavy atom. The van der Waals surface area contributed by atoms with Crippen LogP contribution in [0.1, 0.15) is 138 Å². The zero-order chi connectivity index (χ0) is 50.9. The van der Waals surface area contributed by atoms with Gasteiger partial charge >= 0.3 is 42.6 Å². The molecular formula is C47H61F12NO9. The van der Waals surface area contributed by atoms with E-state index in [4.69, 9.17) is 28.4 Å². The molecule has 0 N–H and O–H groups in total. The number of esters is 3. The lowest BCUT2D eigenvalue weighted by atomic mass is 10.1. The highest BCUT2D eigenvalue weighted by atomic mass is 19.4. The van der Waals surface area contributed by atoms with Crippen molar-refractivity contribution >= 4 is 17.9 Å². The van der Waals surface area contributed by atoms with E-state index in [1.807, 2.05) is 4.90 Å². The van der Waals surface area contributed by atoms with Crippen molar-refractivity contribution in [3.8, 4) is 11.5 Å². The first kappa shape index (κ1) is 58.8. The Morgan fingerprint density at radius 3 is 1.45 bits per heavy atom. The van der Waals surface area contributed by atoms with Gasteiger partial charge in [-0.1, -0.05) is 77.0 Å². The lowest BCUT2D eigenvalue weighted by molar-refractivity contribution is -0.167. The summed E-state index contributed by atoms with van der Waals surface area (Å²) in [6, 6.07) is 2.40. The van der Waals surface area contributed by atoms with Gasteiger partial charge in [-0.15, -0.1) is 0 Å². The summed E-state index contributed by atoms with van der Waals surface area (Å²) in [5.74, 6) is -2.80. The van der Waals surface area contributed by atoms with Crippen molar-refractivity contribution in [2.24, 2.45) is 0 Å². The summed E-state index contributed by atoms with van der Waals surface area (Å²) in [6.45, 7) is 1.27. The maximum absolute atomic E-state index is 13.3. The second-order valence-corrected chi connectivity index (χ2v) is 16.7. The first-order valence-corrected chi connectivity index (χ1v) is 23.2. The standard InChI is InChI=1S/C47H61F12NO9/c48-44(49,50)34-19-20-40(39(30-34)47(57,58)59)66-24-16-12-8-4-2-6-10-14-18-42(62)69-38(33-68-43(63)31-60-21-25-64-26-22-60)32-67-41(61)17-13-9-5-1-3-7-11-15-23-65-37-28-35(45(51,52)53)27-36(29-37)46(54,55)56/h19-20,27-30,38H,1-18,21-26,31-33H2. The van der Waals surface area contributed by atoms with E-state index in [0.717, 1.165) is 51.4 Å². The van der Waals surface area contributed by atoms with Crippen LogP contribution < -0.4 is 9.47 Å². The zero-order valence-electron chi connectivity index (χ0n) is 38.3. The molecule has 1 saturated heterocycles. The maximum Gasteiger partial charge on any atom is 0.419 e. The first-order valence-electron chi connectivity index (χ1n) is 23.2. The van der Waals surface area contributed by atoms with Gasteiger partial charge < -0.3 is 28.4 Å². The molecule has 0 aliphatic carbocycles. The van der Waals surface area contributed by atoms with Gasteiger partial charge in [-0.25, -0.2) is 0 Å². The van der Waals surface area contributed by atoms with E-state index in [-0.39, 0.29) is 57.9 Å². The number of carbonyl (C=O) groups is 3. The highest BCUT2D eigenvalue weighted by Gasteiger charge is 2.39. The summed E-state index contributed by atoms with van der Waals surface area (Å²) >= 11 is 0. The Morgan fingerprint density at radius 1 is 0.507 bits per heavy atom.